The molecule has 0 bridgehead atoms. The third-order valence-electron chi connectivity index (χ3n) is 3.51. The van der Waals surface area contributed by atoms with Gasteiger partial charge in [0.25, 0.3) is 0 Å². The Labute approximate surface area is 115 Å². The minimum Gasteiger partial charge on any atom is -0.379 e. The Kier molecular flexibility index (Phi) is 4.61. The fourth-order valence-electron chi connectivity index (χ4n) is 2.20. The van der Waals surface area contributed by atoms with Crippen LogP contribution in [0.5, 0.6) is 0 Å². The van der Waals surface area contributed by atoms with E-state index in [0.29, 0.717) is 6.04 Å². The first-order valence-electron chi connectivity index (χ1n) is 7.07. The largest absolute Gasteiger partial charge is 0.379 e. The Morgan fingerprint density at radius 2 is 1.79 bits per heavy atom. The molecule has 3 heteroatoms. The van der Waals surface area contributed by atoms with Crippen LogP contribution in [0.2, 0.25) is 0 Å². The van der Waals surface area contributed by atoms with Crippen LogP contribution in [0.25, 0.3) is 0 Å². The molecule has 0 spiro atoms. The van der Waals surface area contributed by atoms with Crippen LogP contribution < -0.4 is 5.32 Å². The van der Waals surface area contributed by atoms with E-state index in [0.717, 1.165) is 30.8 Å². The Balaban J connectivity index is 1.95. The molecule has 0 unspecified atom stereocenters. The van der Waals surface area contributed by atoms with Crippen molar-refractivity contribution in [2.45, 2.75) is 46.2 Å². The molecule has 1 aromatic carbocycles. The average Bonchev–Trinajstić information content (AvgIpc) is 2.88. The van der Waals surface area contributed by atoms with Crippen molar-refractivity contribution in [2.24, 2.45) is 0 Å². The zero-order chi connectivity index (χ0) is 13.7. The summed E-state index contributed by atoms with van der Waals surface area (Å²) >= 11 is 0. The maximum atomic E-state index is 4.64. The summed E-state index contributed by atoms with van der Waals surface area (Å²) in [5, 5.41) is 8.04. The van der Waals surface area contributed by atoms with Crippen LogP contribution in [0.3, 0.4) is 0 Å². The Morgan fingerprint density at radius 3 is 2.42 bits per heavy atom. The number of anilines is 1. The van der Waals surface area contributed by atoms with E-state index < -0.39 is 0 Å². The van der Waals surface area contributed by atoms with Crippen LogP contribution in [-0.4, -0.2) is 9.78 Å². The molecule has 0 amide bonds. The van der Waals surface area contributed by atoms with Crippen molar-refractivity contribution in [3.63, 3.8) is 0 Å². The Hall–Kier alpha value is -1.77. The molecule has 0 saturated heterocycles. The predicted molar refractivity (Wildman–Crippen MR) is 80.4 cm³/mol. The van der Waals surface area contributed by atoms with Gasteiger partial charge in [-0.3, -0.25) is 4.68 Å². The van der Waals surface area contributed by atoms with Gasteiger partial charge >= 0.3 is 0 Å². The molecule has 0 aliphatic carbocycles. The SMILES string of the molecule is CCC(CC)n1ccc(CNc2ccc(C)cc2)n1. The normalized spacial score (nSPS) is 10.9. The monoisotopic (exact) mass is 257 g/mol. The highest BCUT2D eigenvalue weighted by molar-refractivity contribution is 5.44. The summed E-state index contributed by atoms with van der Waals surface area (Å²) in [5.74, 6) is 0. The standard InChI is InChI=1S/C16H23N3/c1-4-16(5-2)19-11-10-15(18-19)12-17-14-8-6-13(3)7-9-14/h6-11,16-17H,4-5,12H2,1-3H3. The molecule has 0 aliphatic rings. The number of rotatable bonds is 6. The molecule has 0 saturated carbocycles. The molecule has 2 rings (SSSR count). The van der Waals surface area contributed by atoms with Crippen molar-refractivity contribution in [3.05, 3.63) is 47.8 Å². The second kappa shape index (κ2) is 6.41. The zero-order valence-corrected chi connectivity index (χ0v) is 12.1. The second-order valence-electron chi connectivity index (χ2n) is 4.98. The molecule has 0 fully saturated rings. The average molecular weight is 257 g/mol. The number of aryl methyl sites for hydroxylation is 1. The summed E-state index contributed by atoms with van der Waals surface area (Å²) in [6.07, 6.45) is 4.34. The summed E-state index contributed by atoms with van der Waals surface area (Å²) in [6, 6.07) is 11.1. The van der Waals surface area contributed by atoms with E-state index in [-0.39, 0.29) is 0 Å². The summed E-state index contributed by atoms with van der Waals surface area (Å²) < 4.78 is 2.09. The van der Waals surface area contributed by atoms with Gasteiger partial charge in [0, 0.05) is 11.9 Å². The van der Waals surface area contributed by atoms with Gasteiger partial charge in [-0.1, -0.05) is 31.5 Å². The number of hydrogen-bond donors (Lipinski definition) is 1. The van der Waals surface area contributed by atoms with Crippen LogP contribution in [0.4, 0.5) is 5.69 Å². The van der Waals surface area contributed by atoms with E-state index in [1.165, 1.54) is 5.56 Å². The van der Waals surface area contributed by atoms with Gasteiger partial charge < -0.3 is 5.32 Å². The van der Waals surface area contributed by atoms with E-state index in [1.54, 1.807) is 0 Å². The maximum absolute atomic E-state index is 4.64. The van der Waals surface area contributed by atoms with Crippen molar-refractivity contribution in [2.75, 3.05) is 5.32 Å². The highest BCUT2D eigenvalue weighted by atomic mass is 15.3. The van der Waals surface area contributed by atoms with Gasteiger partial charge in [-0.15, -0.1) is 0 Å². The van der Waals surface area contributed by atoms with E-state index >= 15 is 0 Å². The van der Waals surface area contributed by atoms with Crippen LogP contribution in [0.15, 0.2) is 36.5 Å². The topological polar surface area (TPSA) is 29.9 Å². The van der Waals surface area contributed by atoms with E-state index in [2.05, 4.69) is 72.4 Å². The molecular formula is C16H23N3. The third kappa shape index (κ3) is 3.60. The fourth-order valence-corrected chi connectivity index (χ4v) is 2.20. The van der Waals surface area contributed by atoms with Crippen LogP contribution in [0.1, 0.15) is 44.0 Å². The van der Waals surface area contributed by atoms with Gasteiger partial charge in [-0.25, -0.2) is 0 Å². The van der Waals surface area contributed by atoms with Crippen molar-refractivity contribution in [3.8, 4) is 0 Å². The van der Waals surface area contributed by atoms with Gasteiger partial charge in [-0.2, -0.15) is 5.10 Å². The van der Waals surface area contributed by atoms with E-state index in [4.69, 9.17) is 0 Å². The van der Waals surface area contributed by atoms with Crippen molar-refractivity contribution < 1.29 is 0 Å². The molecule has 1 aromatic heterocycles. The minimum absolute atomic E-state index is 0.521. The molecule has 0 radical (unpaired) electrons. The van der Waals surface area contributed by atoms with Crippen LogP contribution in [0, 0.1) is 6.92 Å². The number of benzene rings is 1. The summed E-state index contributed by atoms with van der Waals surface area (Å²) in [5.41, 5.74) is 3.51. The van der Waals surface area contributed by atoms with Gasteiger partial charge in [0.05, 0.1) is 18.3 Å². The van der Waals surface area contributed by atoms with E-state index in [9.17, 15) is 0 Å². The molecular weight excluding hydrogens is 234 g/mol. The van der Waals surface area contributed by atoms with Gasteiger partial charge in [0.1, 0.15) is 0 Å². The first kappa shape index (κ1) is 13.7. The molecule has 19 heavy (non-hydrogen) atoms. The van der Waals surface area contributed by atoms with Crippen LogP contribution in [-0.2, 0) is 6.54 Å². The lowest BCUT2D eigenvalue weighted by Gasteiger charge is -2.12. The van der Waals surface area contributed by atoms with Gasteiger partial charge in [-0.05, 0) is 38.0 Å². The maximum Gasteiger partial charge on any atom is 0.0815 e. The quantitative estimate of drug-likeness (QED) is 0.842. The summed E-state index contributed by atoms with van der Waals surface area (Å²) in [4.78, 5) is 0. The summed E-state index contributed by atoms with van der Waals surface area (Å²) in [7, 11) is 0. The molecule has 0 aliphatic heterocycles. The Bertz CT molecular complexity index is 495. The van der Waals surface area contributed by atoms with Crippen molar-refractivity contribution >= 4 is 5.69 Å². The number of hydrogen-bond acceptors (Lipinski definition) is 2. The lowest BCUT2D eigenvalue weighted by Crippen LogP contribution is -2.08. The first-order chi connectivity index (χ1) is 9.22. The molecule has 1 N–H and O–H groups in total. The van der Waals surface area contributed by atoms with Crippen molar-refractivity contribution in [1.29, 1.82) is 0 Å². The summed E-state index contributed by atoms with van der Waals surface area (Å²) in [6.45, 7) is 7.29. The van der Waals surface area contributed by atoms with Crippen molar-refractivity contribution in [1.82, 2.24) is 9.78 Å². The van der Waals surface area contributed by atoms with E-state index in [1.807, 2.05) is 0 Å². The lowest BCUT2D eigenvalue weighted by atomic mass is 10.2. The molecule has 1 heterocycles. The predicted octanol–water partition coefficient (Wildman–Crippen LogP) is 4.16. The first-order valence-corrected chi connectivity index (χ1v) is 7.07. The highest BCUT2D eigenvalue weighted by Crippen LogP contribution is 2.15. The highest BCUT2D eigenvalue weighted by Gasteiger charge is 2.07. The zero-order valence-electron chi connectivity index (χ0n) is 12.1. The Morgan fingerprint density at radius 1 is 1.11 bits per heavy atom. The fraction of sp³-hybridized carbons (Fsp3) is 0.438. The minimum atomic E-state index is 0.521. The number of nitrogens with zero attached hydrogens (tertiary/aromatic N) is 2. The second-order valence-corrected chi connectivity index (χ2v) is 4.98. The van der Waals surface area contributed by atoms with Crippen LogP contribution >= 0.6 is 0 Å². The van der Waals surface area contributed by atoms with Gasteiger partial charge in [0.2, 0.25) is 0 Å². The molecule has 0 atom stereocenters. The number of aromatic nitrogens is 2. The lowest BCUT2D eigenvalue weighted by molar-refractivity contribution is 0.426. The smallest absolute Gasteiger partial charge is 0.0815 e. The molecule has 2 aromatic rings. The van der Waals surface area contributed by atoms with Gasteiger partial charge in [0.15, 0.2) is 0 Å². The molecule has 102 valence electrons. The third-order valence-corrected chi connectivity index (χ3v) is 3.51. The number of nitrogens with one attached hydrogen (secondary N) is 1. The molecule has 3 nitrogen and oxygen atoms in total.